The fourth-order valence-electron chi connectivity index (χ4n) is 3.45. The van der Waals surface area contributed by atoms with Gasteiger partial charge in [-0.25, -0.2) is 0 Å². The maximum Gasteiger partial charge on any atom is 0.269 e. The molecule has 0 fully saturated rings. The van der Waals surface area contributed by atoms with Gasteiger partial charge in [-0.1, -0.05) is 12.1 Å². The molecule has 0 amide bonds. The molecule has 9 nitrogen and oxygen atoms in total. The van der Waals surface area contributed by atoms with Gasteiger partial charge in [0.2, 0.25) is 0 Å². The Balaban J connectivity index is 2.43. The lowest BCUT2D eigenvalue weighted by Crippen LogP contribution is -2.30. The van der Waals surface area contributed by atoms with Crippen molar-refractivity contribution >= 4 is 5.69 Å². The van der Waals surface area contributed by atoms with Gasteiger partial charge in [-0.3, -0.25) is 19.7 Å². The van der Waals surface area contributed by atoms with Gasteiger partial charge in [0.25, 0.3) is 16.8 Å². The minimum atomic E-state index is -1.13. The highest BCUT2D eigenvalue weighted by Crippen LogP contribution is 2.37. The summed E-state index contributed by atoms with van der Waals surface area (Å²) >= 11 is 0. The Morgan fingerprint density at radius 3 is 1.63 bits per heavy atom. The first-order valence-electron chi connectivity index (χ1n) is 9.08. The number of pyridine rings is 2. The SMILES string of the molecule is Cc1cc(O)c(C(c2ccc([N+](=O)[O-])cc2)c2c(O)cc(C)n(C)c2=O)c(=O)n1C. The lowest BCUT2D eigenvalue weighted by molar-refractivity contribution is -0.384. The Morgan fingerprint density at radius 1 is 0.867 bits per heavy atom. The molecular weight excluding hydrogens is 390 g/mol. The molecule has 0 saturated carbocycles. The van der Waals surface area contributed by atoms with Crippen LogP contribution in [0.1, 0.15) is 34.0 Å². The predicted octanol–water partition coefficient (Wildman–Crippen LogP) is 2.20. The summed E-state index contributed by atoms with van der Waals surface area (Å²) in [7, 11) is 3.06. The molecule has 0 aliphatic carbocycles. The van der Waals surface area contributed by atoms with Crippen LogP contribution in [0.5, 0.6) is 11.5 Å². The fraction of sp³-hybridized carbons (Fsp3) is 0.238. The zero-order valence-electron chi connectivity index (χ0n) is 16.9. The molecule has 3 aromatic rings. The molecule has 30 heavy (non-hydrogen) atoms. The number of hydrogen-bond acceptors (Lipinski definition) is 6. The van der Waals surface area contributed by atoms with Crippen LogP contribution < -0.4 is 11.1 Å². The monoisotopic (exact) mass is 411 g/mol. The summed E-state index contributed by atoms with van der Waals surface area (Å²) in [6, 6.07) is 8.08. The van der Waals surface area contributed by atoms with Crippen LogP contribution in [0, 0.1) is 24.0 Å². The summed E-state index contributed by atoms with van der Waals surface area (Å²) in [5, 5.41) is 32.3. The highest BCUT2D eigenvalue weighted by atomic mass is 16.6. The number of aromatic hydroxyl groups is 2. The van der Waals surface area contributed by atoms with Crippen molar-refractivity contribution < 1.29 is 15.1 Å². The van der Waals surface area contributed by atoms with E-state index in [-0.39, 0.29) is 28.3 Å². The summed E-state index contributed by atoms with van der Waals surface area (Å²) in [5.74, 6) is -1.80. The van der Waals surface area contributed by atoms with Crippen LogP contribution in [0.25, 0.3) is 0 Å². The molecule has 0 bridgehead atoms. The second-order valence-corrected chi connectivity index (χ2v) is 7.18. The Labute approximate surface area is 171 Å². The first kappa shape index (κ1) is 20.8. The third kappa shape index (κ3) is 3.34. The van der Waals surface area contributed by atoms with Gasteiger partial charge >= 0.3 is 0 Å². The van der Waals surface area contributed by atoms with Gasteiger partial charge in [-0.05, 0) is 31.5 Å². The fourth-order valence-corrected chi connectivity index (χ4v) is 3.45. The standard InChI is InChI=1S/C21H21N3O6/c1-11-9-15(25)18(20(27)22(11)3)17(13-5-7-14(8-6-13)24(29)30)19-16(26)10-12(2)23(4)21(19)28/h5-10,17,25-26H,1-4H3. The van der Waals surface area contributed by atoms with Crippen LogP contribution in [0.4, 0.5) is 5.69 Å². The zero-order valence-corrected chi connectivity index (χ0v) is 16.9. The number of aromatic nitrogens is 2. The van der Waals surface area contributed by atoms with Crippen molar-refractivity contribution in [3.8, 4) is 11.5 Å². The van der Waals surface area contributed by atoms with Crippen LogP contribution in [-0.2, 0) is 14.1 Å². The van der Waals surface area contributed by atoms with Crippen LogP contribution in [0.15, 0.2) is 46.0 Å². The molecule has 0 radical (unpaired) electrons. The van der Waals surface area contributed by atoms with Crippen LogP contribution in [0.3, 0.4) is 0 Å². The van der Waals surface area contributed by atoms with Crippen LogP contribution in [0.2, 0.25) is 0 Å². The number of nitrogens with zero attached hydrogens (tertiary/aromatic N) is 3. The molecule has 0 aliphatic heterocycles. The van der Waals surface area contributed by atoms with Crippen LogP contribution >= 0.6 is 0 Å². The van der Waals surface area contributed by atoms with E-state index in [1.165, 1.54) is 59.6 Å². The summed E-state index contributed by atoms with van der Waals surface area (Å²) in [4.78, 5) is 36.6. The van der Waals surface area contributed by atoms with Gasteiger partial charge in [0.05, 0.1) is 22.0 Å². The van der Waals surface area contributed by atoms with Gasteiger partial charge in [-0.2, -0.15) is 0 Å². The Bertz CT molecular complexity index is 1200. The summed E-state index contributed by atoms with van der Waals surface area (Å²) in [5.41, 5.74) is -0.112. The highest BCUT2D eigenvalue weighted by molar-refractivity contribution is 5.53. The normalized spacial score (nSPS) is 11.1. The van der Waals surface area contributed by atoms with Crippen molar-refractivity contribution in [3.63, 3.8) is 0 Å². The second kappa shape index (κ2) is 7.51. The first-order valence-corrected chi connectivity index (χ1v) is 9.08. The number of nitro benzene ring substituents is 1. The van der Waals surface area contributed by atoms with Gasteiger partial charge in [0, 0.05) is 37.6 Å². The topological polar surface area (TPSA) is 128 Å². The molecule has 0 spiro atoms. The molecule has 156 valence electrons. The number of aryl methyl sites for hydroxylation is 2. The average Bonchev–Trinajstić information content (AvgIpc) is 2.69. The number of benzene rings is 1. The number of hydrogen-bond donors (Lipinski definition) is 2. The lowest BCUT2D eigenvalue weighted by atomic mass is 9.84. The number of rotatable bonds is 4. The summed E-state index contributed by atoms with van der Waals surface area (Å²) < 4.78 is 2.65. The molecule has 2 heterocycles. The molecule has 0 atom stereocenters. The molecule has 3 rings (SSSR count). The maximum atomic E-state index is 13.1. The Morgan fingerprint density at radius 2 is 1.27 bits per heavy atom. The average molecular weight is 411 g/mol. The predicted molar refractivity (Wildman–Crippen MR) is 110 cm³/mol. The minimum Gasteiger partial charge on any atom is -0.507 e. The van der Waals surface area contributed by atoms with Crippen molar-refractivity contribution in [1.82, 2.24) is 9.13 Å². The second-order valence-electron chi connectivity index (χ2n) is 7.18. The van der Waals surface area contributed by atoms with Crippen molar-refractivity contribution in [1.29, 1.82) is 0 Å². The number of non-ortho nitro benzene ring substituents is 1. The smallest absolute Gasteiger partial charge is 0.269 e. The molecule has 2 aromatic heterocycles. The molecule has 0 unspecified atom stereocenters. The molecule has 0 aliphatic rings. The molecule has 1 aromatic carbocycles. The molecular formula is C21H21N3O6. The Kier molecular flexibility index (Phi) is 5.22. The third-order valence-electron chi connectivity index (χ3n) is 5.39. The third-order valence-corrected chi connectivity index (χ3v) is 5.39. The van der Waals surface area contributed by atoms with Crippen molar-refractivity contribution in [2.24, 2.45) is 14.1 Å². The zero-order chi connectivity index (χ0) is 22.3. The van der Waals surface area contributed by atoms with E-state index in [2.05, 4.69) is 0 Å². The largest absolute Gasteiger partial charge is 0.507 e. The minimum absolute atomic E-state index is 0.104. The van der Waals surface area contributed by atoms with E-state index in [1.54, 1.807) is 13.8 Å². The van der Waals surface area contributed by atoms with Gasteiger partial charge < -0.3 is 19.3 Å². The van der Waals surface area contributed by atoms with Gasteiger partial charge in [0.1, 0.15) is 11.5 Å². The van der Waals surface area contributed by atoms with E-state index < -0.39 is 22.0 Å². The molecule has 9 heteroatoms. The van der Waals surface area contributed by atoms with Crippen molar-refractivity contribution in [2.75, 3.05) is 0 Å². The Hall–Kier alpha value is -3.88. The molecule has 0 saturated heterocycles. The first-order chi connectivity index (χ1) is 14.0. The number of nitro groups is 1. The maximum absolute atomic E-state index is 13.1. The van der Waals surface area contributed by atoms with Gasteiger partial charge in [0.15, 0.2) is 0 Å². The summed E-state index contributed by atoms with van der Waals surface area (Å²) in [6.45, 7) is 3.29. The van der Waals surface area contributed by atoms with E-state index in [1.807, 2.05) is 0 Å². The lowest BCUT2D eigenvalue weighted by Gasteiger charge is -2.22. The molecule has 2 N–H and O–H groups in total. The van der Waals surface area contributed by atoms with Crippen molar-refractivity contribution in [3.05, 3.63) is 95.3 Å². The van der Waals surface area contributed by atoms with E-state index in [0.717, 1.165) is 0 Å². The summed E-state index contributed by atoms with van der Waals surface area (Å²) in [6.07, 6.45) is 0. The van der Waals surface area contributed by atoms with E-state index >= 15 is 0 Å². The quantitative estimate of drug-likeness (QED) is 0.500. The van der Waals surface area contributed by atoms with Crippen molar-refractivity contribution in [2.45, 2.75) is 19.8 Å². The van der Waals surface area contributed by atoms with Crippen LogP contribution in [-0.4, -0.2) is 24.3 Å². The van der Waals surface area contributed by atoms with E-state index in [0.29, 0.717) is 17.0 Å². The van der Waals surface area contributed by atoms with E-state index in [4.69, 9.17) is 0 Å². The van der Waals surface area contributed by atoms with E-state index in [9.17, 15) is 29.9 Å². The van der Waals surface area contributed by atoms with Gasteiger partial charge in [-0.15, -0.1) is 0 Å². The highest BCUT2D eigenvalue weighted by Gasteiger charge is 2.30.